The number of aromatic nitrogens is 4. The minimum absolute atomic E-state index is 0.0624. The fourth-order valence-corrected chi connectivity index (χ4v) is 4.52. The SMILES string of the molecule is O=C(CSc1nnc(Cc2cccs2)n1CCc1ccccc1)c1ccc[nH]1. The van der Waals surface area contributed by atoms with Gasteiger partial charge in [0.25, 0.3) is 0 Å². The molecule has 5 nitrogen and oxygen atoms in total. The summed E-state index contributed by atoms with van der Waals surface area (Å²) in [6, 6.07) is 18.2. The average Bonchev–Trinajstić information content (AvgIpc) is 3.48. The molecule has 1 aromatic carbocycles. The van der Waals surface area contributed by atoms with E-state index in [-0.39, 0.29) is 5.78 Å². The van der Waals surface area contributed by atoms with Crippen LogP contribution in [-0.4, -0.2) is 31.3 Å². The van der Waals surface area contributed by atoms with Crippen molar-refractivity contribution in [2.24, 2.45) is 0 Å². The second-order valence-electron chi connectivity index (χ2n) is 6.34. The van der Waals surface area contributed by atoms with Gasteiger partial charge in [-0.2, -0.15) is 0 Å². The molecule has 0 bridgehead atoms. The van der Waals surface area contributed by atoms with Crippen LogP contribution >= 0.6 is 23.1 Å². The number of nitrogens with one attached hydrogen (secondary N) is 1. The molecule has 28 heavy (non-hydrogen) atoms. The number of hydrogen-bond donors (Lipinski definition) is 1. The van der Waals surface area contributed by atoms with Gasteiger partial charge in [0.05, 0.1) is 11.4 Å². The molecule has 0 aliphatic rings. The lowest BCUT2D eigenvalue weighted by molar-refractivity contribution is 0.101. The summed E-state index contributed by atoms with van der Waals surface area (Å²) in [6.45, 7) is 0.788. The molecule has 0 aliphatic carbocycles. The molecule has 4 aromatic rings. The molecular weight excluding hydrogens is 388 g/mol. The standard InChI is InChI=1S/C21H20N4OS2/c26-19(18-9-4-11-22-18)15-28-21-24-23-20(14-17-8-5-13-27-17)25(21)12-10-16-6-2-1-3-7-16/h1-9,11,13,22H,10,12,14-15H2. The average molecular weight is 409 g/mol. The quantitative estimate of drug-likeness (QED) is 0.328. The second kappa shape index (κ2) is 9.03. The van der Waals surface area contributed by atoms with Gasteiger partial charge in [0.2, 0.25) is 0 Å². The predicted molar refractivity (Wildman–Crippen MR) is 113 cm³/mol. The third-order valence-electron chi connectivity index (χ3n) is 4.40. The maximum absolute atomic E-state index is 12.3. The Morgan fingerprint density at radius 3 is 2.71 bits per heavy atom. The molecule has 0 spiro atoms. The number of Topliss-reactive ketones (excluding diaryl/α,β-unsaturated/α-hetero) is 1. The summed E-state index contributed by atoms with van der Waals surface area (Å²) in [5.41, 5.74) is 1.90. The maximum atomic E-state index is 12.3. The van der Waals surface area contributed by atoms with Gasteiger partial charge in [-0.25, -0.2) is 0 Å². The molecular formula is C21H20N4OS2. The van der Waals surface area contributed by atoms with Gasteiger partial charge in [-0.1, -0.05) is 48.2 Å². The van der Waals surface area contributed by atoms with Gasteiger partial charge in [0.1, 0.15) is 5.82 Å². The number of aryl methyl sites for hydroxylation is 1. The topological polar surface area (TPSA) is 63.6 Å². The van der Waals surface area contributed by atoms with Gasteiger partial charge in [-0.3, -0.25) is 4.79 Å². The third kappa shape index (κ3) is 4.61. The molecule has 7 heteroatoms. The van der Waals surface area contributed by atoms with Gasteiger partial charge < -0.3 is 9.55 Å². The highest BCUT2D eigenvalue weighted by Crippen LogP contribution is 2.22. The van der Waals surface area contributed by atoms with E-state index in [2.05, 4.69) is 61.5 Å². The van der Waals surface area contributed by atoms with Crippen LogP contribution in [0.3, 0.4) is 0 Å². The molecule has 0 fully saturated rings. The zero-order valence-corrected chi connectivity index (χ0v) is 16.9. The summed E-state index contributed by atoms with van der Waals surface area (Å²) >= 11 is 3.17. The number of carbonyl (C=O) groups excluding carboxylic acids is 1. The van der Waals surface area contributed by atoms with Crippen molar-refractivity contribution in [3.63, 3.8) is 0 Å². The van der Waals surface area contributed by atoms with Crippen LogP contribution in [0.4, 0.5) is 0 Å². The van der Waals surface area contributed by atoms with E-state index >= 15 is 0 Å². The number of rotatable bonds is 9. The molecule has 1 N–H and O–H groups in total. The van der Waals surface area contributed by atoms with E-state index in [1.54, 1.807) is 23.6 Å². The minimum atomic E-state index is 0.0624. The first-order valence-electron chi connectivity index (χ1n) is 9.07. The van der Waals surface area contributed by atoms with Gasteiger partial charge in [0.15, 0.2) is 10.9 Å². The summed E-state index contributed by atoms with van der Waals surface area (Å²) in [6.07, 6.45) is 3.42. The number of H-pyrrole nitrogens is 1. The van der Waals surface area contributed by atoms with Crippen LogP contribution in [0.5, 0.6) is 0 Å². The number of hydrogen-bond acceptors (Lipinski definition) is 5. The van der Waals surface area contributed by atoms with Crippen molar-refractivity contribution in [1.29, 1.82) is 0 Å². The van der Waals surface area contributed by atoms with E-state index in [0.717, 1.165) is 30.4 Å². The van der Waals surface area contributed by atoms with Crippen molar-refractivity contribution in [2.75, 3.05) is 5.75 Å². The zero-order chi connectivity index (χ0) is 19.2. The number of benzene rings is 1. The van der Waals surface area contributed by atoms with Crippen molar-refractivity contribution in [2.45, 2.75) is 24.5 Å². The molecule has 0 radical (unpaired) electrons. The summed E-state index contributed by atoms with van der Waals surface area (Å²) < 4.78 is 2.15. The Labute approximate surface area is 171 Å². The molecule has 4 rings (SSSR count). The fourth-order valence-electron chi connectivity index (χ4n) is 2.95. The highest BCUT2D eigenvalue weighted by Gasteiger charge is 2.16. The van der Waals surface area contributed by atoms with Gasteiger partial charge in [-0.15, -0.1) is 21.5 Å². The van der Waals surface area contributed by atoms with Crippen molar-refractivity contribution in [1.82, 2.24) is 19.7 Å². The highest BCUT2D eigenvalue weighted by atomic mass is 32.2. The Morgan fingerprint density at radius 1 is 1.07 bits per heavy atom. The largest absolute Gasteiger partial charge is 0.359 e. The zero-order valence-electron chi connectivity index (χ0n) is 15.2. The predicted octanol–water partition coefficient (Wildman–Crippen LogP) is 4.48. The number of thioether (sulfide) groups is 1. The molecule has 142 valence electrons. The minimum Gasteiger partial charge on any atom is -0.359 e. The Hall–Kier alpha value is -2.64. The Balaban J connectivity index is 1.50. The van der Waals surface area contributed by atoms with Crippen molar-refractivity contribution >= 4 is 28.9 Å². The number of nitrogens with zero attached hydrogens (tertiary/aromatic N) is 3. The van der Waals surface area contributed by atoms with Crippen LogP contribution in [0.15, 0.2) is 71.3 Å². The molecule has 0 aliphatic heterocycles. The van der Waals surface area contributed by atoms with Crippen LogP contribution in [0.2, 0.25) is 0 Å². The normalized spacial score (nSPS) is 11.0. The molecule has 0 saturated carbocycles. The van der Waals surface area contributed by atoms with Crippen molar-refractivity contribution < 1.29 is 4.79 Å². The van der Waals surface area contributed by atoms with Crippen LogP contribution in [0, 0.1) is 0 Å². The molecule has 0 amide bonds. The molecule has 0 atom stereocenters. The lowest BCUT2D eigenvalue weighted by Gasteiger charge is -2.10. The van der Waals surface area contributed by atoms with Gasteiger partial charge in [-0.05, 0) is 35.6 Å². The summed E-state index contributed by atoms with van der Waals surface area (Å²) in [5.74, 6) is 1.34. The maximum Gasteiger partial charge on any atom is 0.191 e. The third-order valence-corrected chi connectivity index (χ3v) is 6.25. The Kier molecular flexibility index (Phi) is 6.04. The first-order chi connectivity index (χ1) is 13.8. The second-order valence-corrected chi connectivity index (χ2v) is 8.31. The first-order valence-corrected chi connectivity index (χ1v) is 10.9. The molecule has 0 unspecified atom stereocenters. The summed E-state index contributed by atoms with van der Waals surface area (Å²) in [7, 11) is 0. The van der Waals surface area contributed by atoms with E-state index in [1.165, 1.54) is 22.2 Å². The lowest BCUT2D eigenvalue weighted by atomic mass is 10.1. The molecule has 3 heterocycles. The van der Waals surface area contributed by atoms with E-state index in [4.69, 9.17) is 0 Å². The summed E-state index contributed by atoms with van der Waals surface area (Å²) in [5, 5.41) is 11.7. The van der Waals surface area contributed by atoms with Crippen molar-refractivity contribution in [3.05, 3.63) is 88.1 Å². The van der Waals surface area contributed by atoms with Crippen LogP contribution in [0.25, 0.3) is 0 Å². The van der Waals surface area contributed by atoms with Crippen LogP contribution in [0.1, 0.15) is 26.8 Å². The first kappa shape index (κ1) is 18.7. The van der Waals surface area contributed by atoms with Crippen LogP contribution in [-0.2, 0) is 19.4 Å². The summed E-state index contributed by atoms with van der Waals surface area (Å²) in [4.78, 5) is 16.5. The molecule has 3 aromatic heterocycles. The van der Waals surface area contributed by atoms with Crippen LogP contribution < -0.4 is 0 Å². The lowest BCUT2D eigenvalue weighted by Crippen LogP contribution is -2.09. The van der Waals surface area contributed by atoms with Gasteiger partial charge >= 0.3 is 0 Å². The number of aromatic amines is 1. The molecule has 0 saturated heterocycles. The number of thiophene rings is 1. The van der Waals surface area contributed by atoms with Crippen molar-refractivity contribution in [3.8, 4) is 0 Å². The van der Waals surface area contributed by atoms with Gasteiger partial charge in [0, 0.05) is 24.0 Å². The Bertz CT molecular complexity index is 1010. The monoisotopic (exact) mass is 408 g/mol. The Morgan fingerprint density at radius 2 is 1.96 bits per heavy atom. The fraction of sp³-hybridized carbons (Fsp3) is 0.190. The smallest absolute Gasteiger partial charge is 0.191 e. The number of ketones is 1. The van der Waals surface area contributed by atoms with E-state index in [1.807, 2.05) is 12.1 Å². The van der Waals surface area contributed by atoms with E-state index in [9.17, 15) is 4.79 Å². The van der Waals surface area contributed by atoms with E-state index < -0.39 is 0 Å². The highest BCUT2D eigenvalue weighted by molar-refractivity contribution is 7.99. The number of carbonyl (C=O) groups is 1. The van der Waals surface area contributed by atoms with E-state index in [0.29, 0.717) is 11.4 Å².